The molecule has 3 nitrogen and oxygen atoms in total. The van der Waals surface area contributed by atoms with Crippen molar-refractivity contribution < 1.29 is 0 Å². The van der Waals surface area contributed by atoms with Crippen molar-refractivity contribution in [3.05, 3.63) is 77.4 Å². The maximum atomic E-state index is 6.36. The highest BCUT2D eigenvalue weighted by Gasteiger charge is 2.34. The summed E-state index contributed by atoms with van der Waals surface area (Å²) in [5.74, 6) is 0.344. The lowest BCUT2D eigenvalue weighted by molar-refractivity contribution is 0.591. The maximum absolute atomic E-state index is 6.36. The van der Waals surface area contributed by atoms with E-state index in [4.69, 9.17) is 5.73 Å². The van der Waals surface area contributed by atoms with E-state index in [0.717, 1.165) is 31.5 Å². The molecule has 3 heteroatoms. The summed E-state index contributed by atoms with van der Waals surface area (Å²) in [5, 5.41) is 3.52. The molecule has 0 saturated heterocycles. The lowest BCUT2D eigenvalue weighted by atomic mass is 9.84. The van der Waals surface area contributed by atoms with Crippen molar-refractivity contribution in [2.24, 2.45) is 11.7 Å². The van der Waals surface area contributed by atoms with Gasteiger partial charge in [-0.05, 0) is 49.2 Å². The molecule has 0 spiro atoms. The molecule has 2 aliphatic heterocycles. The molecule has 22 heavy (non-hydrogen) atoms. The molecular formula is C19H21N3. The molecule has 0 amide bonds. The van der Waals surface area contributed by atoms with Crippen molar-refractivity contribution in [3.63, 3.8) is 0 Å². The fourth-order valence-corrected chi connectivity index (χ4v) is 3.68. The van der Waals surface area contributed by atoms with Crippen LogP contribution in [-0.2, 0) is 0 Å². The molecule has 1 aromatic rings. The highest BCUT2D eigenvalue weighted by Crippen LogP contribution is 2.40. The quantitative estimate of drug-likeness (QED) is 0.833. The topological polar surface area (TPSA) is 41.3 Å². The van der Waals surface area contributed by atoms with E-state index in [9.17, 15) is 0 Å². The fraction of sp³-hybridized carbons (Fsp3) is 0.263. The normalized spacial score (nSPS) is 23.8. The van der Waals surface area contributed by atoms with E-state index in [1.165, 1.54) is 22.7 Å². The lowest BCUT2D eigenvalue weighted by Gasteiger charge is -2.41. The van der Waals surface area contributed by atoms with Crippen LogP contribution in [0.3, 0.4) is 0 Å². The van der Waals surface area contributed by atoms with Gasteiger partial charge in [0.2, 0.25) is 0 Å². The zero-order chi connectivity index (χ0) is 14.9. The zero-order valence-corrected chi connectivity index (χ0v) is 12.6. The van der Waals surface area contributed by atoms with Gasteiger partial charge in [0.05, 0.1) is 11.4 Å². The molecule has 1 atom stereocenters. The van der Waals surface area contributed by atoms with Crippen LogP contribution in [0.1, 0.15) is 19.3 Å². The second-order valence-electron chi connectivity index (χ2n) is 6.06. The predicted octanol–water partition coefficient (Wildman–Crippen LogP) is 3.40. The first-order valence-electron chi connectivity index (χ1n) is 7.97. The Balaban J connectivity index is 1.83. The highest BCUT2D eigenvalue weighted by atomic mass is 15.2. The van der Waals surface area contributed by atoms with Gasteiger partial charge in [-0.2, -0.15) is 0 Å². The second-order valence-corrected chi connectivity index (χ2v) is 6.06. The number of rotatable bonds is 1. The van der Waals surface area contributed by atoms with E-state index in [0.29, 0.717) is 5.92 Å². The van der Waals surface area contributed by atoms with Crippen molar-refractivity contribution in [2.45, 2.75) is 19.3 Å². The molecule has 0 saturated carbocycles. The van der Waals surface area contributed by atoms with Crippen LogP contribution < -0.4 is 16.0 Å². The van der Waals surface area contributed by atoms with Crippen LogP contribution in [0.2, 0.25) is 0 Å². The van der Waals surface area contributed by atoms with Crippen molar-refractivity contribution in [1.82, 2.24) is 5.32 Å². The monoisotopic (exact) mass is 291 g/mol. The number of para-hydroxylation sites is 1. The van der Waals surface area contributed by atoms with Gasteiger partial charge < -0.3 is 16.0 Å². The molecule has 1 unspecified atom stereocenters. The van der Waals surface area contributed by atoms with Crippen LogP contribution in [0.15, 0.2) is 77.4 Å². The number of hydrogen-bond donors (Lipinski definition) is 2. The molecule has 3 N–H and O–H groups in total. The summed E-state index contributed by atoms with van der Waals surface area (Å²) >= 11 is 0. The summed E-state index contributed by atoms with van der Waals surface area (Å²) in [7, 11) is 0. The Bertz CT molecular complexity index is 695. The van der Waals surface area contributed by atoms with E-state index in [2.05, 4.69) is 65.0 Å². The minimum Gasteiger partial charge on any atom is -0.397 e. The van der Waals surface area contributed by atoms with Crippen LogP contribution in [0, 0.1) is 5.92 Å². The average Bonchev–Trinajstić information content (AvgIpc) is 2.80. The fourth-order valence-electron chi connectivity index (χ4n) is 3.68. The van der Waals surface area contributed by atoms with Gasteiger partial charge in [-0.25, -0.2) is 0 Å². The number of nitrogens with two attached hydrogens (primary N) is 1. The van der Waals surface area contributed by atoms with E-state index in [1.54, 1.807) is 0 Å². The molecule has 3 aliphatic rings. The van der Waals surface area contributed by atoms with Crippen LogP contribution >= 0.6 is 0 Å². The number of fused-ring (bicyclic) bond motifs is 2. The Hall–Kier alpha value is -2.42. The summed E-state index contributed by atoms with van der Waals surface area (Å²) < 4.78 is 0. The molecule has 0 bridgehead atoms. The molecule has 112 valence electrons. The Morgan fingerprint density at radius 1 is 1.14 bits per heavy atom. The van der Waals surface area contributed by atoms with Crippen LogP contribution in [-0.4, -0.2) is 6.54 Å². The molecule has 0 radical (unpaired) electrons. The SMILES string of the molecule is NC1=C2C(CC=C1)C1=C(CCC=CN1)CN2c1ccccc1. The third-order valence-electron chi connectivity index (χ3n) is 4.70. The first-order chi connectivity index (χ1) is 10.8. The summed E-state index contributed by atoms with van der Waals surface area (Å²) in [5.41, 5.74) is 12.6. The van der Waals surface area contributed by atoms with Crippen molar-refractivity contribution in [1.29, 1.82) is 0 Å². The zero-order valence-electron chi connectivity index (χ0n) is 12.6. The summed E-state index contributed by atoms with van der Waals surface area (Å²) in [6, 6.07) is 10.6. The Morgan fingerprint density at radius 3 is 2.86 bits per heavy atom. The first-order valence-corrected chi connectivity index (χ1v) is 7.97. The van der Waals surface area contributed by atoms with Gasteiger partial charge in [-0.15, -0.1) is 0 Å². The first kappa shape index (κ1) is 13.3. The van der Waals surface area contributed by atoms with E-state index in [1.807, 2.05) is 0 Å². The van der Waals surface area contributed by atoms with Gasteiger partial charge in [-0.1, -0.05) is 30.4 Å². The van der Waals surface area contributed by atoms with Crippen molar-refractivity contribution in [2.75, 3.05) is 11.4 Å². The maximum Gasteiger partial charge on any atom is 0.0516 e. The number of nitrogens with one attached hydrogen (secondary N) is 1. The molecular weight excluding hydrogens is 270 g/mol. The van der Waals surface area contributed by atoms with E-state index in [-0.39, 0.29) is 0 Å². The molecule has 2 heterocycles. The number of allylic oxidation sites excluding steroid dienone is 3. The number of nitrogens with zero attached hydrogens (tertiary/aromatic N) is 1. The highest BCUT2D eigenvalue weighted by molar-refractivity contribution is 5.60. The molecule has 0 fully saturated rings. The summed E-state index contributed by atoms with van der Waals surface area (Å²) in [4.78, 5) is 2.40. The summed E-state index contributed by atoms with van der Waals surface area (Å²) in [6.07, 6.45) is 11.8. The standard InChI is InChI=1S/C19H21N3/c20-17-11-6-10-16-18-14(7-4-5-12-21-18)13-22(19(16)17)15-8-2-1-3-9-15/h1-3,5-6,8-9,11-12,16,21H,4,7,10,13,20H2. The van der Waals surface area contributed by atoms with Gasteiger partial charge in [0.1, 0.15) is 0 Å². The van der Waals surface area contributed by atoms with Gasteiger partial charge in [0.15, 0.2) is 0 Å². The van der Waals surface area contributed by atoms with Crippen molar-refractivity contribution in [3.8, 4) is 0 Å². The van der Waals surface area contributed by atoms with Crippen LogP contribution in [0.5, 0.6) is 0 Å². The van der Waals surface area contributed by atoms with Gasteiger partial charge in [0, 0.05) is 23.8 Å². The number of hydrogen-bond acceptors (Lipinski definition) is 3. The minimum absolute atomic E-state index is 0.344. The summed E-state index contributed by atoms with van der Waals surface area (Å²) in [6.45, 7) is 0.925. The number of benzene rings is 1. The Labute approximate surface area is 131 Å². The molecule has 4 rings (SSSR count). The smallest absolute Gasteiger partial charge is 0.0516 e. The average molecular weight is 291 g/mol. The molecule has 1 aromatic carbocycles. The van der Waals surface area contributed by atoms with E-state index < -0.39 is 0 Å². The Morgan fingerprint density at radius 2 is 2.00 bits per heavy atom. The van der Waals surface area contributed by atoms with Gasteiger partial charge in [0.25, 0.3) is 0 Å². The molecule has 1 aliphatic carbocycles. The molecule has 0 aromatic heterocycles. The third kappa shape index (κ3) is 2.13. The minimum atomic E-state index is 0.344. The van der Waals surface area contributed by atoms with Crippen LogP contribution in [0.4, 0.5) is 5.69 Å². The van der Waals surface area contributed by atoms with Gasteiger partial charge >= 0.3 is 0 Å². The lowest BCUT2D eigenvalue weighted by Crippen LogP contribution is -2.40. The second kappa shape index (κ2) is 5.41. The Kier molecular flexibility index (Phi) is 3.26. The number of anilines is 1. The third-order valence-corrected chi connectivity index (χ3v) is 4.70. The van der Waals surface area contributed by atoms with Crippen LogP contribution in [0.25, 0.3) is 0 Å². The van der Waals surface area contributed by atoms with Gasteiger partial charge in [-0.3, -0.25) is 0 Å². The predicted molar refractivity (Wildman–Crippen MR) is 90.8 cm³/mol. The van der Waals surface area contributed by atoms with E-state index >= 15 is 0 Å². The largest absolute Gasteiger partial charge is 0.397 e. The van der Waals surface area contributed by atoms with Crippen molar-refractivity contribution >= 4 is 5.69 Å².